The van der Waals surface area contributed by atoms with Crippen LogP contribution in [-0.4, -0.2) is 18.7 Å². The summed E-state index contributed by atoms with van der Waals surface area (Å²) < 4.78 is 5.50. The topological polar surface area (TPSA) is 50.4 Å². The number of hydrogen-bond acceptors (Lipinski definition) is 2. The molecule has 0 heterocycles. The molecule has 1 aromatic carbocycles. The predicted octanol–water partition coefficient (Wildman–Crippen LogP) is 2.78. The maximum Gasteiger partial charge on any atom is 0.319 e. The minimum atomic E-state index is -0.248. The number of ether oxygens (including phenoxy) is 1. The van der Waals surface area contributed by atoms with Crippen molar-refractivity contribution in [3.05, 3.63) is 36.9 Å². The van der Waals surface area contributed by atoms with Crippen LogP contribution in [0.2, 0.25) is 0 Å². The van der Waals surface area contributed by atoms with Crippen LogP contribution >= 0.6 is 0 Å². The highest BCUT2D eigenvalue weighted by atomic mass is 16.5. The monoisotopic (exact) mass is 234 g/mol. The van der Waals surface area contributed by atoms with E-state index in [1.807, 2.05) is 26.0 Å². The summed E-state index contributed by atoms with van der Waals surface area (Å²) in [6, 6.07) is 6.99. The lowest BCUT2D eigenvalue weighted by molar-refractivity contribution is 0.242. The summed E-state index contributed by atoms with van der Waals surface area (Å²) in [4.78, 5) is 11.3. The maximum atomic E-state index is 11.3. The SMILES string of the molecule is C=CCNC(=O)Nc1ccc(OC(C)C)cc1. The molecule has 0 bridgehead atoms. The van der Waals surface area contributed by atoms with Crippen LogP contribution in [0.5, 0.6) is 5.75 Å². The van der Waals surface area contributed by atoms with Crippen LogP contribution < -0.4 is 15.4 Å². The van der Waals surface area contributed by atoms with Crippen molar-refractivity contribution in [2.45, 2.75) is 20.0 Å². The number of urea groups is 1. The van der Waals surface area contributed by atoms with Gasteiger partial charge in [-0.15, -0.1) is 6.58 Å². The summed E-state index contributed by atoms with van der Waals surface area (Å²) in [5.74, 6) is 0.789. The van der Waals surface area contributed by atoms with Gasteiger partial charge >= 0.3 is 6.03 Å². The van der Waals surface area contributed by atoms with Crippen LogP contribution in [0.1, 0.15) is 13.8 Å². The van der Waals surface area contributed by atoms with Gasteiger partial charge in [-0.05, 0) is 38.1 Å². The lowest BCUT2D eigenvalue weighted by Crippen LogP contribution is -2.28. The van der Waals surface area contributed by atoms with Crippen molar-refractivity contribution in [3.8, 4) is 5.75 Å². The zero-order valence-corrected chi connectivity index (χ0v) is 10.2. The van der Waals surface area contributed by atoms with Gasteiger partial charge in [0.05, 0.1) is 6.10 Å². The molecule has 2 N–H and O–H groups in total. The van der Waals surface area contributed by atoms with E-state index in [1.165, 1.54) is 0 Å². The fraction of sp³-hybridized carbons (Fsp3) is 0.308. The van der Waals surface area contributed by atoms with Crippen LogP contribution in [0.25, 0.3) is 0 Å². The van der Waals surface area contributed by atoms with Gasteiger partial charge in [0.25, 0.3) is 0 Å². The third kappa shape index (κ3) is 5.06. The first-order chi connectivity index (χ1) is 8.11. The summed E-state index contributed by atoms with van der Waals surface area (Å²) in [6.45, 7) is 7.90. The molecule has 0 saturated heterocycles. The molecule has 2 amide bonds. The Hall–Kier alpha value is -1.97. The number of carbonyl (C=O) groups is 1. The number of rotatable bonds is 5. The van der Waals surface area contributed by atoms with E-state index in [0.717, 1.165) is 11.4 Å². The molecule has 17 heavy (non-hydrogen) atoms. The first-order valence-electron chi connectivity index (χ1n) is 5.54. The average molecular weight is 234 g/mol. The quantitative estimate of drug-likeness (QED) is 0.770. The van der Waals surface area contributed by atoms with Gasteiger partial charge in [0.2, 0.25) is 0 Å². The first kappa shape index (κ1) is 13.1. The van der Waals surface area contributed by atoms with Crippen molar-refractivity contribution in [2.24, 2.45) is 0 Å². The smallest absolute Gasteiger partial charge is 0.319 e. The minimum absolute atomic E-state index is 0.143. The third-order valence-electron chi connectivity index (χ3n) is 1.89. The number of benzene rings is 1. The number of hydrogen-bond donors (Lipinski definition) is 2. The molecule has 1 aromatic rings. The highest BCUT2D eigenvalue weighted by molar-refractivity contribution is 5.89. The standard InChI is InChI=1S/C13H18N2O2/c1-4-9-14-13(16)15-11-5-7-12(8-6-11)17-10(2)3/h4-8,10H,1,9H2,2-3H3,(H2,14,15,16). The Morgan fingerprint density at radius 3 is 2.59 bits per heavy atom. The van der Waals surface area contributed by atoms with E-state index < -0.39 is 0 Å². The van der Waals surface area contributed by atoms with Crippen molar-refractivity contribution < 1.29 is 9.53 Å². The predicted molar refractivity (Wildman–Crippen MR) is 69.4 cm³/mol. The molecule has 4 nitrogen and oxygen atoms in total. The molecule has 4 heteroatoms. The van der Waals surface area contributed by atoms with Crippen molar-refractivity contribution in [2.75, 3.05) is 11.9 Å². The van der Waals surface area contributed by atoms with Gasteiger partial charge in [0.15, 0.2) is 0 Å². The molecule has 0 spiro atoms. The molecule has 92 valence electrons. The number of anilines is 1. The van der Waals surface area contributed by atoms with E-state index in [2.05, 4.69) is 17.2 Å². The second-order valence-corrected chi connectivity index (χ2v) is 3.81. The Morgan fingerprint density at radius 1 is 1.41 bits per heavy atom. The zero-order valence-electron chi connectivity index (χ0n) is 10.2. The van der Waals surface area contributed by atoms with E-state index in [-0.39, 0.29) is 12.1 Å². The first-order valence-corrected chi connectivity index (χ1v) is 5.54. The molecule has 0 saturated carbocycles. The molecule has 0 unspecified atom stereocenters. The Kier molecular flexibility index (Phi) is 5.07. The highest BCUT2D eigenvalue weighted by Gasteiger charge is 2.01. The van der Waals surface area contributed by atoms with Crippen molar-refractivity contribution in [1.29, 1.82) is 0 Å². The second kappa shape index (κ2) is 6.58. The fourth-order valence-electron chi connectivity index (χ4n) is 1.23. The Balaban J connectivity index is 2.50. The second-order valence-electron chi connectivity index (χ2n) is 3.81. The van der Waals surface area contributed by atoms with Crippen LogP contribution in [0.15, 0.2) is 36.9 Å². The van der Waals surface area contributed by atoms with Crippen molar-refractivity contribution in [1.82, 2.24) is 5.32 Å². The molecule has 0 aliphatic rings. The van der Waals surface area contributed by atoms with Crippen LogP contribution in [-0.2, 0) is 0 Å². The van der Waals surface area contributed by atoms with Gasteiger partial charge in [-0.25, -0.2) is 4.79 Å². The van der Waals surface area contributed by atoms with Crippen LogP contribution in [0.3, 0.4) is 0 Å². The summed E-state index contributed by atoms with van der Waals surface area (Å²) in [5.41, 5.74) is 0.725. The van der Waals surface area contributed by atoms with E-state index in [1.54, 1.807) is 18.2 Å². The van der Waals surface area contributed by atoms with Crippen LogP contribution in [0, 0.1) is 0 Å². The van der Waals surface area contributed by atoms with E-state index in [4.69, 9.17) is 4.74 Å². The molecule has 1 rings (SSSR count). The Labute approximate surface area is 102 Å². The van der Waals surface area contributed by atoms with Crippen molar-refractivity contribution in [3.63, 3.8) is 0 Å². The van der Waals surface area contributed by atoms with Gasteiger partial charge in [0, 0.05) is 12.2 Å². The Bertz CT molecular complexity index is 372. The zero-order chi connectivity index (χ0) is 12.7. The lowest BCUT2D eigenvalue weighted by Gasteiger charge is -2.10. The summed E-state index contributed by atoms with van der Waals surface area (Å²) in [6.07, 6.45) is 1.77. The van der Waals surface area contributed by atoms with Gasteiger partial charge in [-0.1, -0.05) is 6.08 Å². The normalized spacial score (nSPS) is 9.82. The number of nitrogens with one attached hydrogen (secondary N) is 2. The number of amides is 2. The third-order valence-corrected chi connectivity index (χ3v) is 1.89. The summed E-state index contributed by atoms with van der Waals surface area (Å²) in [5, 5.41) is 5.33. The van der Waals surface area contributed by atoms with Gasteiger partial charge in [-0.2, -0.15) is 0 Å². The fourth-order valence-corrected chi connectivity index (χ4v) is 1.23. The molecule has 0 atom stereocenters. The minimum Gasteiger partial charge on any atom is -0.491 e. The molecule has 0 aromatic heterocycles. The molecular formula is C13H18N2O2. The summed E-state index contributed by atoms with van der Waals surface area (Å²) in [7, 11) is 0. The molecular weight excluding hydrogens is 216 g/mol. The Morgan fingerprint density at radius 2 is 2.06 bits per heavy atom. The number of carbonyl (C=O) groups excluding carboxylic acids is 1. The van der Waals surface area contributed by atoms with Crippen LogP contribution in [0.4, 0.5) is 10.5 Å². The average Bonchev–Trinajstić information content (AvgIpc) is 2.28. The molecule has 0 fully saturated rings. The van der Waals surface area contributed by atoms with E-state index in [9.17, 15) is 4.79 Å². The van der Waals surface area contributed by atoms with Gasteiger partial charge in [-0.3, -0.25) is 0 Å². The largest absolute Gasteiger partial charge is 0.491 e. The van der Waals surface area contributed by atoms with E-state index >= 15 is 0 Å². The van der Waals surface area contributed by atoms with E-state index in [0.29, 0.717) is 6.54 Å². The van der Waals surface area contributed by atoms with Gasteiger partial charge < -0.3 is 15.4 Å². The van der Waals surface area contributed by atoms with Crippen molar-refractivity contribution >= 4 is 11.7 Å². The maximum absolute atomic E-state index is 11.3. The highest BCUT2D eigenvalue weighted by Crippen LogP contribution is 2.16. The lowest BCUT2D eigenvalue weighted by atomic mass is 10.3. The summed E-state index contributed by atoms with van der Waals surface area (Å²) >= 11 is 0. The molecule has 0 aliphatic carbocycles. The molecule has 0 radical (unpaired) electrons. The van der Waals surface area contributed by atoms with Gasteiger partial charge in [0.1, 0.15) is 5.75 Å². The molecule has 0 aliphatic heterocycles.